The normalized spacial score (nSPS) is 20.9. The van der Waals surface area contributed by atoms with E-state index >= 15 is 0 Å². The van der Waals surface area contributed by atoms with Crippen LogP contribution in [0.3, 0.4) is 0 Å². The number of nitrogens with zero attached hydrogens (tertiary/aromatic N) is 5. The minimum absolute atomic E-state index is 0.656. The topological polar surface area (TPSA) is 72.5 Å². The third-order valence-electron chi connectivity index (χ3n) is 6.54. The van der Waals surface area contributed by atoms with E-state index in [9.17, 15) is 0 Å². The fourth-order valence-corrected chi connectivity index (χ4v) is 4.46. The Balaban J connectivity index is 1.52. The summed E-state index contributed by atoms with van der Waals surface area (Å²) in [5.41, 5.74) is 7.93. The summed E-state index contributed by atoms with van der Waals surface area (Å²) in [7, 11) is 1.93. The maximum atomic E-state index is 8.09. The van der Waals surface area contributed by atoms with Gasteiger partial charge in [0.1, 0.15) is 11.3 Å². The summed E-state index contributed by atoms with van der Waals surface area (Å²) in [5.74, 6) is 2.16. The Morgan fingerprint density at radius 1 is 1.39 bits per heavy atom. The zero-order valence-corrected chi connectivity index (χ0v) is 20.0. The van der Waals surface area contributed by atoms with E-state index in [1.807, 2.05) is 30.7 Å². The van der Waals surface area contributed by atoms with Gasteiger partial charge in [-0.05, 0) is 43.8 Å². The van der Waals surface area contributed by atoms with E-state index in [0.29, 0.717) is 22.8 Å². The van der Waals surface area contributed by atoms with E-state index in [4.69, 9.17) is 15.4 Å². The maximum absolute atomic E-state index is 8.09. The SMILES string of the molecule is C=C(/N=c1/c(C=N)c(NN2CCN(C3=CCC(CCC)C=C3)C2)nc(C)n1C)C1=CC=CC1. The van der Waals surface area contributed by atoms with Gasteiger partial charge < -0.3 is 20.3 Å². The van der Waals surface area contributed by atoms with Crippen molar-refractivity contribution in [3.63, 3.8) is 0 Å². The van der Waals surface area contributed by atoms with Crippen LogP contribution in [0.2, 0.25) is 0 Å². The van der Waals surface area contributed by atoms with Gasteiger partial charge in [0, 0.05) is 32.0 Å². The van der Waals surface area contributed by atoms with E-state index in [-0.39, 0.29) is 0 Å². The highest BCUT2D eigenvalue weighted by atomic mass is 15.6. The number of hydrazine groups is 1. The van der Waals surface area contributed by atoms with Crippen molar-refractivity contribution < 1.29 is 0 Å². The largest absolute Gasteiger partial charge is 0.356 e. The minimum atomic E-state index is 0.656. The fourth-order valence-electron chi connectivity index (χ4n) is 4.46. The van der Waals surface area contributed by atoms with Gasteiger partial charge in [0.15, 0.2) is 5.82 Å². The third-order valence-corrected chi connectivity index (χ3v) is 6.54. The molecule has 7 heteroatoms. The third kappa shape index (κ3) is 5.09. The average Bonchev–Trinajstić information content (AvgIpc) is 3.51. The summed E-state index contributed by atoms with van der Waals surface area (Å²) in [6, 6.07) is 0. The van der Waals surface area contributed by atoms with Gasteiger partial charge in [-0.2, -0.15) is 0 Å². The molecular formula is C26H35N7. The molecule has 33 heavy (non-hydrogen) atoms. The number of rotatable bonds is 8. The average molecular weight is 446 g/mol. The van der Waals surface area contributed by atoms with Crippen LogP contribution in [0, 0.1) is 18.3 Å². The molecule has 1 aromatic rings. The summed E-state index contributed by atoms with van der Waals surface area (Å²) in [6.45, 7) is 11.0. The molecule has 0 saturated carbocycles. The van der Waals surface area contributed by atoms with E-state index in [2.05, 4.69) is 53.1 Å². The molecule has 1 atom stereocenters. The lowest BCUT2D eigenvalue weighted by atomic mass is 9.95. The summed E-state index contributed by atoms with van der Waals surface area (Å²) >= 11 is 0. The summed E-state index contributed by atoms with van der Waals surface area (Å²) in [6.07, 6.45) is 18.9. The zero-order valence-electron chi connectivity index (χ0n) is 20.0. The number of hydrogen-bond donors (Lipinski definition) is 2. The molecular weight excluding hydrogens is 410 g/mol. The van der Waals surface area contributed by atoms with Crippen LogP contribution in [0.5, 0.6) is 0 Å². The first-order valence-corrected chi connectivity index (χ1v) is 11.8. The lowest BCUT2D eigenvalue weighted by molar-refractivity contribution is 0.322. The molecule has 3 aliphatic rings. The molecule has 0 amide bonds. The summed E-state index contributed by atoms with van der Waals surface area (Å²) < 4.78 is 1.92. The number of allylic oxidation sites excluding steroid dienone is 7. The Hall–Kier alpha value is -3.19. The molecule has 1 unspecified atom stereocenters. The molecule has 1 fully saturated rings. The first kappa shape index (κ1) is 23.0. The molecule has 1 aromatic heterocycles. The number of hydrogen-bond acceptors (Lipinski definition) is 6. The predicted octanol–water partition coefficient (Wildman–Crippen LogP) is 4.19. The highest BCUT2D eigenvalue weighted by Gasteiger charge is 2.24. The van der Waals surface area contributed by atoms with Crippen LogP contribution in [0.1, 0.15) is 44.0 Å². The fraction of sp³-hybridized carbons (Fsp3) is 0.423. The highest BCUT2D eigenvalue weighted by Crippen LogP contribution is 2.25. The van der Waals surface area contributed by atoms with Crippen LogP contribution < -0.4 is 10.9 Å². The molecule has 4 rings (SSSR count). The first-order chi connectivity index (χ1) is 16.0. The zero-order chi connectivity index (χ0) is 23.4. The van der Waals surface area contributed by atoms with Gasteiger partial charge in [-0.1, -0.05) is 50.3 Å². The first-order valence-electron chi connectivity index (χ1n) is 11.8. The van der Waals surface area contributed by atoms with Crippen molar-refractivity contribution in [1.82, 2.24) is 19.5 Å². The van der Waals surface area contributed by atoms with E-state index in [1.54, 1.807) is 0 Å². The van der Waals surface area contributed by atoms with Gasteiger partial charge in [0.2, 0.25) is 0 Å². The Kier molecular flexibility index (Phi) is 7.08. The Bertz CT molecular complexity index is 1120. The lowest BCUT2D eigenvalue weighted by Gasteiger charge is -2.25. The van der Waals surface area contributed by atoms with Crippen LogP contribution in [-0.2, 0) is 7.05 Å². The second-order valence-corrected chi connectivity index (χ2v) is 8.88. The minimum Gasteiger partial charge on any atom is -0.356 e. The molecule has 2 heterocycles. The second kappa shape index (κ2) is 10.2. The van der Waals surface area contributed by atoms with Crippen LogP contribution in [0.4, 0.5) is 5.82 Å². The summed E-state index contributed by atoms with van der Waals surface area (Å²) in [4.78, 5) is 11.9. The van der Waals surface area contributed by atoms with Crippen molar-refractivity contribution in [1.29, 1.82) is 5.41 Å². The molecule has 1 aliphatic heterocycles. The Morgan fingerprint density at radius 2 is 2.24 bits per heavy atom. The van der Waals surface area contributed by atoms with Gasteiger partial charge in [-0.3, -0.25) is 0 Å². The lowest BCUT2D eigenvalue weighted by Crippen LogP contribution is -2.34. The Morgan fingerprint density at radius 3 is 2.91 bits per heavy atom. The Labute approximate surface area is 196 Å². The molecule has 0 aromatic carbocycles. The van der Waals surface area contributed by atoms with Crippen LogP contribution in [-0.4, -0.2) is 45.4 Å². The van der Waals surface area contributed by atoms with Gasteiger partial charge in [0.25, 0.3) is 0 Å². The van der Waals surface area contributed by atoms with Gasteiger partial charge >= 0.3 is 0 Å². The van der Waals surface area contributed by atoms with Crippen molar-refractivity contribution in [2.45, 2.75) is 39.5 Å². The molecule has 174 valence electrons. The van der Waals surface area contributed by atoms with Crippen LogP contribution in [0.15, 0.2) is 65.0 Å². The standard InChI is InChI=1S/C26H35N7/c1-5-8-21-11-13-23(14-12-21)32-15-16-33(18-32)30-25-24(17-27)26(31(4)20(3)29-25)28-19(2)22-9-6-7-10-22/h6-7,9,11,13-14,17,21,27,30H,2,5,8,10,12,15-16,18H2,1,3-4H3/b27-17?,28-26-. The second-order valence-electron chi connectivity index (χ2n) is 8.88. The smallest absolute Gasteiger partial charge is 0.155 e. The van der Waals surface area contributed by atoms with Crippen molar-refractivity contribution in [3.8, 4) is 0 Å². The molecule has 7 nitrogen and oxygen atoms in total. The number of aromatic nitrogens is 2. The molecule has 0 spiro atoms. The van der Waals surface area contributed by atoms with Crippen molar-refractivity contribution in [3.05, 3.63) is 76.9 Å². The number of aryl methyl sites for hydroxylation is 1. The maximum Gasteiger partial charge on any atom is 0.155 e. The van der Waals surface area contributed by atoms with Gasteiger partial charge in [-0.25, -0.2) is 15.0 Å². The van der Waals surface area contributed by atoms with E-state index in [0.717, 1.165) is 49.7 Å². The van der Waals surface area contributed by atoms with Gasteiger partial charge in [-0.15, -0.1) is 0 Å². The quantitative estimate of drug-likeness (QED) is 0.589. The predicted molar refractivity (Wildman–Crippen MR) is 135 cm³/mol. The summed E-state index contributed by atoms with van der Waals surface area (Å²) in [5, 5.41) is 10.2. The van der Waals surface area contributed by atoms with E-state index in [1.165, 1.54) is 24.8 Å². The number of anilines is 1. The van der Waals surface area contributed by atoms with Crippen LogP contribution >= 0.6 is 0 Å². The number of nitrogens with one attached hydrogen (secondary N) is 2. The molecule has 1 saturated heterocycles. The highest BCUT2D eigenvalue weighted by molar-refractivity contribution is 5.83. The van der Waals surface area contributed by atoms with Crippen molar-refractivity contribution >= 4 is 12.0 Å². The monoisotopic (exact) mass is 445 g/mol. The van der Waals surface area contributed by atoms with Gasteiger partial charge in [0.05, 0.1) is 17.9 Å². The molecule has 0 radical (unpaired) electrons. The van der Waals surface area contributed by atoms with Crippen molar-refractivity contribution in [2.75, 3.05) is 25.2 Å². The van der Waals surface area contributed by atoms with E-state index < -0.39 is 0 Å². The molecule has 0 bridgehead atoms. The van der Waals surface area contributed by atoms with Crippen molar-refractivity contribution in [2.24, 2.45) is 18.0 Å². The molecule has 2 N–H and O–H groups in total. The molecule has 2 aliphatic carbocycles. The van der Waals surface area contributed by atoms with Crippen LogP contribution in [0.25, 0.3) is 0 Å².